The number of phosphoric acid groups is 1. The average Bonchev–Trinajstić information content (AvgIpc) is 3.13. The quantitative estimate of drug-likeness (QED) is 0.0208. The van der Waals surface area contributed by atoms with Crippen molar-refractivity contribution in [3.8, 4) is 0 Å². The Labute approximate surface area is 320 Å². The van der Waals surface area contributed by atoms with Crippen molar-refractivity contribution in [2.45, 2.75) is 206 Å². The molecular formula is C43H82NO7P. The maximum atomic E-state index is 12.5. The Morgan fingerprint density at radius 3 is 1.52 bits per heavy atom. The molecule has 0 amide bonds. The largest absolute Gasteiger partial charge is 0.498 e. The van der Waals surface area contributed by atoms with E-state index in [2.05, 4.69) is 32.1 Å². The Bertz CT molecular complexity index is 895. The van der Waals surface area contributed by atoms with Crippen LogP contribution in [-0.4, -0.2) is 43.3 Å². The number of nitrogens with two attached hydrogens (primary N) is 1. The van der Waals surface area contributed by atoms with Crippen molar-refractivity contribution in [3.63, 3.8) is 0 Å². The van der Waals surface area contributed by atoms with Crippen molar-refractivity contribution in [2.75, 3.05) is 26.4 Å². The van der Waals surface area contributed by atoms with E-state index in [1.807, 2.05) is 12.2 Å². The van der Waals surface area contributed by atoms with Crippen molar-refractivity contribution in [1.82, 2.24) is 0 Å². The van der Waals surface area contributed by atoms with Gasteiger partial charge in [-0.1, -0.05) is 179 Å². The van der Waals surface area contributed by atoms with Gasteiger partial charge in [0.1, 0.15) is 6.61 Å². The van der Waals surface area contributed by atoms with Crippen LogP contribution in [-0.2, 0) is 27.9 Å². The minimum atomic E-state index is -4.30. The van der Waals surface area contributed by atoms with Crippen LogP contribution in [0.2, 0.25) is 0 Å². The van der Waals surface area contributed by atoms with Gasteiger partial charge < -0.3 is 20.1 Å². The highest BCUT2D eigenvalue weighted by molar-refractivity contribution is 7.47. The van der Waals surface area contributed by atoms with Gasteiger partial charge in [0.2, 0.25) is 0 Å². The lowest BCUT2D eigenvalue weighted by Crippen LogP contribution is -2.27. The third kappa shape index (κ3) is 39.8. The van der Waals surface area contributed by atoms with E-state index >= 15 is 0 Å². The molecule has 2 atom stereocenters. The SMILES string of the molecule is CCCCCCCCCCCC/C=C\C/C=C\CCC(=O)OC(CO/C=C/CCCCCCCCCCCCCCCC)COP(=O)(O)OCCN. The van der Waals surface area contributed by atoms with Gasteiger partial charge in [0.05, 0.1) is 19.5 Å². The molecule has 0 spiro atoms. The molecule has 0 aromatic carbocycles. The van der Waals surface area contributed by atoms with Crippen LogP contribution >= 0.6 is 7.82 Å². The summed E-state index contributed by atoms with van der Waals surface area (Å²) in [4.78, 5) is 22.4. The molecule has 52 heavy (non-hydrogen) atoms. The fraction of sp³-hybridized carbons (Fsp3) is 0.837. The summed E-state index contributed by atoms with van der Waals surface area (Å²) in [5, 5.41) is 0. The smallest absolute Gasteiger partial charge is 0.472 e. The van der Waals surface area contributed by atoms with Gasteiger partial charge in [0, 0.05) is 13.0 Å². The fourth-order valence-electron chi connectivity index (χ4n) is 5.96. The van der Waals surface area contributed by atoms with Crippen LogP contribution in [0.25, 0.3) is 0 Å². The Hall–Kier alpha value is -1.44. The molecule has 0 aliphatic rings. The number of hydrogen-bond acceptors (Lipinski definition) is 7. The van der Waals surface area contributed by atoms with E-state index < -0.39 is 19.9 Å². The second-order valence-corrected chi connectivity index (χ2v) is 15.7. The van der Waals surface area contributed by atoms with Crippen molar-refractivity contribution in [3.05, 3.63) is 36.6 Å². The predicted octanol–water partition coefficient (Wildman–Crippen LogP) is 13.0. The first-order valence-corrected chi connectivity index (χ1v) is 23.0. The number of allylic oxidation sites excluding steroid dienone is 5. The molecule has 0 saturated carbocycles. The van der Waals surface area contributed by atoms with Crippen LogP contribution in [0.1, 0.15) is 200 Å². The topological polar surface area (TPSA) is 117 Å². The zero-order valence-corrected chi connectivity index (χ0v) is 34.7. The van der Waals surface area contributed by atoms with Crippen LogP contribution in [0.3, 0.4) is 0 Å². The highest BCUT2D eigenvalue weighted by Gasteiger charge is 2.25. The number of hydrogen-bond donors (Lipinski definition) is 2. The Morgan fingerprint density at radius 1 is 0.596 bits per heavy atom. The highest BCUT2D eigenvalue weighted by Crippen LogP contribution is 2.43. The third-order valence-corrected chi connectivity index (χ3v) is 10.1. The van der Waals surface area contributed by atoms with E-state index in [-0.39, 0.29) is 32.8 Å². The molecule has 0 aromatic heterocycles. The molecule has 0 bridgehead atoms. The lowest BCUT2D eigenvalue weighted by Gasteiger charge is -2.19. The number of unbranched alkanes of at least 4 members (excludes halogenated alkanes) is 24. The Kier molecular flexibility index (Phi) is 39.6. The van der Waals surface area contributed by atoms with Gasteiger partial charge in [0.25, 0.3) is 0 Å². The first-order chi connectivity index (χ1) is 25.4. The summed E-state index contributed by atoms with van der Waals surface area (Å²) >= 11 is 0. The molecule has 9 heteroatoms. The van der Waals surface area contributed by atoms with Crippen molar-refractivity contribution in [2.24, 2.45) is 5.73 Å². The third-order valence-electron chi connectivity index (χ3n) is 9.14. The predicted molar refractivity (Wildman–Crippen MR) is 219 cm³/mol. The van der Waals surface area contributed by atoms with Crippen molar-refractivity contribution < 1.29 is 32.8 Å². The molecule has 0 aliphatic carbocycles. The summed E-state index contributed by atoms with van der Waals surface area (Å²) in [6.45, 7) is 4.19. The van der Waals surface area contributed by atoms with E-state index in [0.717, 1.165) is 25.7 Å². The molecule has 0 aliphatic heterocycles. The van der Waals surface area contributed by atoms with E-state index in [1.54, 1.807) is 6.26 Å². The summed E-state index contributed by atoms with van der Waals surface area (Å²) in [6.07, 6.45) is 47.0. The first-order valence-electron chi connectivity index (χ1n) is 21.5. The number of phosphoric ester groups is 1. The summed E-state index contributed by atoms with van der Waals surface area (Å²) in [7, 11) is -4.30. The summed E-state index contributed by atoms with van der Waals surface area (Å²) in [5.74, 6) is -0.416. The number of ether oxygens (including phenoxy) is 2. The first kappa shape index (κ1) is 50.6. The van der Waals surface area contributed by atoms with Gasteiger partial charge in [-0.25, -0.2) is 4.57 Å². The number of esters is 1. The molecule has 2 unspecified atom stereocenters. The zero-order chi connectivity index (χ0) is 38.1. The summed E-state index contributed by atoms with van der Waals surface area (Å²) < 4.78 is 33.1. The van der Waals surface area contributed by atoms with E-state index in [0.29, 0.717) is 6.42 Å². The van der Waals surface area contributed by atoms with Crippen LogP contribution in [0.5, 0.6) is 0 Å². The molecule has 0 radical (unpaired) electrons. The number of carbonyl (C=O) groups excluding carboxylic acids is 1. The Morgan fingerprint density at radius 2 is 1.04 bits per heavy atom. The van der Waals surface area contributed by atoms with Crippen LogP contribution < -0.4 is 5.73 Å². The van der Waals surface area contributed by atoms with Crippen LogP contribution in [0, 0.1) is 0 Å². The zero-order valence-electron chi connectivity index (χ0n) is 33.8. The maximum Gasteiger partial charge on any atom is 0.472 e. The molecule has 3 N–H and O–H groups in total. The second-order valence-electron chi connectivity index (χ2n) is 14.3. The monoisotopic (exact) mass is 756 g/mol. The molecule has 0 fully saturated rings. The Balaban J connectivity index is 4.15. The van der Waals surface area contributed by atoms with Gasteiger partial charge in [-0.15, -0.1) is 0 Å². The number of carbonyl (C=O) groups is 1. The number of rotatable bonds is 41. The standard InChI is InChI=1S/C43H82NO7P/c1-3-5-7-9-11-13-15-17-19-21-22-24-26-28-30-32-34-36-43(45)51-42(41-50-52(46,47)49-39-37-44)40-48-38-35-33-31-29-27-25-23-20-18-16-14-12-10-8-6-4-2/h24,26,30,32,35,38,42H,3-23,25,27-29,31,33-34,36-37,39-41,44H2,1-2H3,(H,46,47)/b26-24-,32-30-,38-35+. The van der Waals surface area contributed by atoms with Gasteiger partial charge in [0.15, 0.2) is 6.10 Å². The minimum absolute atomic E-state index is 0.0115. The van der Waals surface area contributed by atoms with Gasteiger partial charge in [-0.05, 0) is 44.6 Å². The lowest BCUT2D eigenvalue weighted by molar-refractivity contribution is -0.153. The van der Waals surface area contributed by atoms with Gasteiger partial charge in [-0.2, -0.15) is 0 Å². The van der Waals surface area contributed by atoms with E-state index in [4.69, 9.17) is 24.3 Å². The van der Waals surface area contributed by atoms with Crippen LogP contribution in [0.4, 0.5) is 0 Å². The summed E-state index contributed by atoms with van der Waals surface area (Å²) in [5.41, 5.74) is 5.36. The molecular weight excluding hydrogens is 673 g/mol. The molecule has 0 saturated heterocycles. The van der Waals surface area contributed by atoms with E-state index in [9.17, 15) is 14.3 Å². The van der Waals surface area contributed by atoms with Gasteiger partial charge in [-0.3, -0.25) is 13.8 Å². The fourth-order valence-corrected chi connectivity index (χ4v) is 6.72. The highest BCUT2D eigenvalue weighted by atomic mass is 31.2. The maximum absolute atomic E-state index is 12.5. The van der Waals surface area contributed by atoms with Gasteiger partial charge >= 0.3 is 13.8 Å². The second kappa shape index (κ2) is 40.7. The van der Waals surface area contributed by atoms with Crippen molar-refractivity contribution >= 4 is 13.8 Å². The minimum Gasteiger partial charge on any atom is -0.498 e. The molecule has 306 valence electrons. The van der Waals surface area contributed by atoms with Crippen LogP contribution in [0.15, 0.2) is 36.6 Å². The molecule has 0 rings (SSSR count). The lowest BCUT2D eigenvalue weighted by atomic mass is 10.0. The molecule has 0 aromatic rings. The molecule has 0 heterocycles. The summed E-state index contributed by atoms with van der Waals surface area (Å²) in [6, 6.07) is 0. The normalized spacial score (nSPS) is 13.8. The molecule has 8 nitrogen and oxygen atoms in total. The van der Waals surface area contributed by atoms with Crippen molar-refractivity contribution in [1.29, 1.82) is 0 Å². The van der Waals surface area contributed by atoms with E-state index in [1.165, 1.54) is 148 Å². The average molecular weight is 756 g/mol.